The van der Waals surface area contributed by atoms with E-state index in [1.807, 2.05) is 58.0 Å². The number of hydrogen-bond acceptors (Lipinski definition) is 14. The standard InChI is InChI=1S/C47H66N2O14/c1-5-52-13-17-56-21-25-60-38-29-36(30-39(33-38)61-26-22-57-18-14-53-6-2)42-9-11-44(48-42)46(50)35-47(51)45-12-10-43(49-45)37-31-40(62-27-23-58-19-15-54-7-3)34-41(32-37)63-28-24-59-20-16-55-8-4/h9-12,29-35,48-50H,5-8,13-28H2,1-4H3/b46-35-. The summed E-state index contributed by atoms with van der Waals surface area (Å²) < 4.78 is 67.7. The van der Waals surface area contributed by atoms with E-state index in [2.05, 4.69) is 9.97 Å². The first-order chi connectivity index (χ1) is 30.9. The average molecular weight is 883 g/mol. The van der Waals surface area contributed by atoms with E-state index in [4.69, 9.17) is 56.8 Å². The second-order valence-electron chi connectivity index (χ2n) is 13.5. The van der Waals surface area contributed by atoms with Gasteiger partial charge in [0.05, 0.1) is 90.7 Å². The van der Waals surface area contributed by atoms with Crippen LogP contribution in [0.1, 0.15) is 43.9 Å². The molecule has 0 saturated heterocycles. The molecule has 348 valence electrons. The lowest BCUT2D eigenvalue weighted by Gasteiger charge is -2.13. The summed E-state index contributed by atoms with van der Waals surface area (Å²) in [5.74, 6) is 1.61. The highest BCUT2D eigenvalue weighted by Gasteiger charge is 2.15. The van der Waals surface area contributed by atoms with E-state index < -0.39 is 5.78 Å². The van der Waals surface area contributed by atoms with Crippen LogP contribution in [0.2, 0.25) is 0 Å². The fraction of sp³-hybridized carbons (Fsp3) is 0.511. The minimum absolute atomic E-state index is 0.238. The number of ether oxygens (including phenoxy) is 12. The van der Waals surface area contributed by atoms with Gasteiger partial charge in [-0.3, -0.25) is 4.79 Å². The Morgan fingerprint density at radius 1 is 0.429 bits per heavy atom. The van der Waals surface area contributed by atoms with Crippen molar-refractivity contribution in [2.24, 2.45) is 0 Å². The number of carbonyl (C=O) groups excluding carboxylic acids is 1. The summed E-state index contributed by atoms with van der Waals surface area (Å²) in [7, 11) is 0. The van der Waals surface area contributed by atoms with E-state index in [1.165, 1.54) is 6.08 Å². The quantitative estimate of drug-likeness (QED) is 0.0179. The molecule has 0 saturated carbocycles. The molecule has 0 amide bonds. The van der Waals surface area contributed by atoms with Gasteiger partial charge in [-0.2, -0.15) is 0 Å². The molecule has 16 nitrogen and oxygen atoms in total. The zero-order chi connectivity index (χ0) is 44.7. The Hall–Kier alpha value is -4.91. The molecule has 0 fully saturated rings. The van der Waals surface area contributed by atoms with Gasteiger partial charge in [-0.05, 0) is 76.2 Å². The molecule has 2 aromatic heterocycles. The Labute approximate surface area is 371 Å². The minimum Gasteiger partial charge on any atom is -0.506 e. The van der Waals surface area contributed by atoms with Crippen molar-refractivity contribution in [1.82, 2.24) is 9.97 Å². The predicted octanol–water partition coefficient (Wildman–Crippen LogP) is 7.19. The maximum Gasteiger partial charge on any atom is 0.205 e. The van der Waals surface area contributed by atoms with Crippen LogP contribution in [0.15, 0.2) is 66.7 Å². The van der Waals surface area contributed by atoms with Gasteiger partial charge in [-0.1, -0.05) is 0 Å². The summed E-state index contributed by atoms with van der Waals surface area (Å²) in [5.41, 5.74) is 3.42. The Morgan fingerprint density at radius 2 is 0.730 bits per heavy atom. The van der Waals surface area contributed by atoms with Crippen LogP contribution in [0.25, 0.3) is 28.3 Å². The Kier molecular flexibility index (Phi) is 25.0. The third-order valence-corrected chi connectivity index (χ3v) is 8.85. The van der Waals surface area contributed by atoms with Crippen molar-refractivity contribution >= 4 is 11.5 Å². The van der Waals surface area contributed by atoms with Crippen LogP contribution in [-0.4, -0.2) is 153 Å². The molecule has 0 aliphatic carbocycles. The van der Waals surface area contributed by atoms with Crippen LogP contribution in [0.3, 0.4) is 0 Å². The summed E-state index contributed by atoms with van der Waals surface area (Å²) >= 11 is 0. The highest BCUT2D eigenvalue weighted by atomic mass is 16.6. The molecule has 2 heterocycles. The van der Waals surface area contributed by atoms with Crippen LogP contribution in [0.4, 0.5) is 0 Å². The van der Waals surface area contributed by atoms with Gasteiger partial charge in [0.25, 0.3) is 0 Å². The molecule has 4 aromatic rings. The summed E-state index contributed by atoms with van der Waals surface area (Å²) in [5, 5.41) is 11.1. The third-order valence-electron chi connectivity index (χ3n) is 8.85. The zero-order valence-electron chi connectivity index (χ0n) is 37.2. The van der Waals surface area contributed by atoms with Crippen molar-refractivity contribution in [3.8, 4) is 45.5 Å². The highest BCUT2D eigenvalue weighted by Crippen LogP contribution is 2.32. The van der Waals surface area contributed by atoms with Crippen LogP contribution < -0.4 is 18.9 Å². The van der Waals surface area contributed by atoms with E-state index >= 15 is 0 Å². The molecular formula is C47H66N2O14. The lowest BCUT2D eigenvalue weighted by Crippen LogP contribution is -2.11. The lowest BCUT2D eigenvalue weighted by atomic mass is 10.1. The third kappa shape index (κ3) is 20.0. The van der Waals surface area contributed by atoms with Gasteiger partial charge in [0.15, 0.2) is 0 Å². The van der Waals surface area contributed by atoms with E-state index in [0.29, 0.717) is 172 Å². The number of allylic oxidation sites excluding steroid dienone is 1. The maximum absolute atomic E-state index is 13.5. The van der Waals surface area contributed by atoms with Crippen molar-refractivity contribution < 1.29 is 66.7 Å². The van der Waals surface area contributed by atoms with Gasteiger partial charge in [0.2, 0.25) is 5.78 Å². The molecule has 0 atom stereocenters. The van der Waals surface area contributed by atoms with Gasteiger partial charge in [-0.25, -0.2) is 0 Å². The Bertz CT molecular complexity index is 1800. The van der Waals surface area contributed by atoms with E-state index in [1.54, 1.807) is 30.3 Å². The molecule has 0 radical (unpaired) electrons. The number of aromatic amines is 2. The fourth-order valence-electron chi connectivity index (χ4n) is 5.82. The molecule has 0 aliphatic heterocycles. The van der Waals surface area contributed by atoms with Crippen LogP contribution in [0, 0.1) is 0 Å². The topological polar surface area (TPSA) is 180 Å². The van der Waals surface area contributed by atoms with Crippen molar-refractivity contribution in [2.75, 3.05) is 132 Å². The summed E-state index contributed by atoms with van der Waals surface area (Å²) in [4.78, 5) is 19.9. The second kappa shape index (κ2) is 31.0. The SMILES string of the molecule is CCOCCOCCOc1cc(OCCOCCOCC)cc(-c2ccc(C(=O)/C=C(\O)c3ccc(-c4cc(OCCOCCOCC)cc(OCCOCCOCC)c4)[nH]3)[nH]2)c1. The molecule has 3 N–H and O–H groups in total. The fourth-order valence-corrected chi connectivity index (χ4v) is 5.82. The first-order valence-electron chi connectivity index (χ1n) is 21.7. The van der Waals surface area contributed by atoms with E-state index in [0.717, 1.165) is 11.1 Å². The molecule has 2 aromatic carbocycles. The van der Waals surface area contributed by atoms with Gasteiger partial charge in [0, 0.05) is 67.2 Å². The Morgan fingerprint density at radius 3 is 1.08 bits per heavy atom. The van der Waals surface area contributed by atoms with E-state index in [9.17, 15) is 9.90 Å². The number of aromatic nitrogens is 2. The number of nitrogens with one attached hydrogen (secondary N) is 2. The second-order valence-corrected chi connectivity index (χ2v) is 13.5. The normalized spacial score (nSPS) is 11.6. The number of ketones is 1. The summed E-state index contributed by atoms with van der Waals surface area (Å²) in [6, 6.07) is 18.0. The average Bonchev–Trinajstić information content (AvgIpc) is 4.00. The zero-order valence-corrected chi connectivity index (χ0v) is 37.2. The van der Waals surface area contributed by atoms with Gasteiger partial charge >= 0.3 is 0 Å². The van der Waals surface area contributed by atoms with Crippen LogP contribution in [-0.2, 0) is 37.9 Å². The molecule has 0 unspecified atom stereocenters. The van der Waals surface area contributed by atoms with Crippen molar-refractivity contribution in [3.05, 3.63) is 78.1 Å². The monoisotopic (exact) mass is 882 g/mol. The largest absolute Gasteiger partial charge is 0.506 e. The molecular weight excluding hydrogens is 817 g/mol. The molecule has 16 heteroatoms. The molecule has 0 bridgehead atoms. The first kappa shape index (κ1) is 50.7. The smallest absolute Gasteiger partial charge is 0.205 e. The number of aliphatic hydroxyl groups is 1. The number of H-pyrrole nitrogens is 2. The van der Waals surface area contributed by atoms with Gasteiger partial charge < -0.3 is 71.9 Å². The number of rotatable bonds is 37. The number of hydrogen-bond donors (Lipinski definition) is 3. The van der Waals surface area contributed by atoms with E-state index in [-0.39, 0.29) is 11.5 Å². The number of benzene rings is 2. The molecule has 0 aliphatic rings. The number of aliphatic hydroxyl groups excluding tert-OH is 1. The highest BCUT2D eigenvalue weighted by molar-refractivity contribution is 6.07. The van der Waals surface area contributed by atoms with Crippen LogP contribution in [0.5, 0.6) is 23.0 Å². The summed E-state index contributed by atoms with van der Waals surface area (Å²) in [6.45, 7) is 17.1. The summed E-state index contributed by atoms with van der Waals surface area (Å²) in [6.07, 6.45) is 1.17. The van der Waals surface area contributed by atoms with Crippen molar-refractivity contribution in [2.45, 2.75) is 27.7 Å². The van der Waals surface area contributed by atoms with Crippen molar-refractivity contribution in [1.29, 1.82) is 0 Å². The van der Waals surface area contributed by atoms with Crippen molar-refractivity contribution in [3.63, 3.8) is 0 Å². The lowest BCUT2D eigenvalue weighted by molar-refractivity contribution is 0.0396. The first-order valence-corrected chi connectivity index (χ1v) is 21.7. The molecule has 0 spiro atoms. The number of carbonyl (C=O) groups is 1. The van der Waals surface area contributed by atoms with Gasteiger partial charge in [-0.15, -0.1) is 0 Å². The minimum atomic E-state index is -0.426. The predicted molar refractivity (Wildman–Crippen MR) is 239 cm³/mol. The molecule has 4 rings (SSSR count). The van der Waals surface area contributed by atoms with Crippen LogP contribution >= 0.6 is 0 Å². The maximum atomic E-state index is 13.5. The Balaban J connectivity index is 1.43. The van der Waals surface area contributed by atoms with Gasteiger partial charge in [0.1, 0.15) is 55.2 Å². The molecule has 63 heavy (non-hydrogen) atoms.